The Morgan fingerprint density at radius 1 is 0.617 bits per heavy atom. The van der Waals surface area contributed by atoms with Crippen LogP contribution in [0.4, 0.5) is 70.2 Å². The van der Waals surface area contributed by atoms with Crippen LogP contribution in [0, 0.1) is 0 Å². The van der Waals surface area contributed by atoms with E-state index < -0.39 is 54.6 Å². The first kappa shape index (κ1) is 40.1. The number of aromatic nitrogens is 2. The summed E-state index contributed by atoms with van der Waals surface area (Å²) in [5.41, 5.74) is 0.996. The van der Waals surface area contributed by atoms with E-state index >= 15 is 0 Å². The zero-order chi connectivity index (χ0) is 36.1. The Hall–Kier alpha value is -3.10. The maximum atomic E-state index is 14.0. The fourth-order valence-corrected chi connectivity index (χ4v) is 3.53. The highest BCUT2D eigenvalue weighted by atomic mass is 19.4. The van der Waals surface area contributed by atoms with Crippen molar-refractivity contribution in [2.24, 2.45) is 0 Å². The van der Waals surface area contributed by atoms with E-state index in [4.69, 9.17) is 0 Å². The molecule has 268 valence electrons. The van der Waals surface area contributed by atoms with Gasteiger partial charge in [0, 0.05) is 18.0 Å². The van der Waals surface area contributed by atoms with Gasteiger partial charge in [-0.25, -0.2) is 19.4 Å². The van der Waals surface area contributed by atoms with Gasteiger partial charge in [-0.2, -0.15) is 70.2 Å². The lowest BCUT2D eigenvalue weighted by molar-refractivity contribution is -0.547. The molecule has 0 spiro atoms. The third-order valence-electron chi connectivity index (χ3n) is 6.12. The Morgan fingerprint density at radius 3 is 1.62 bits per heavy atom. The van der Waals surface area contributed by atoms with Crippen molar-refractivity contribution in [2.75, 3.05) is 0 Å². The lowest BCUT2D eigenvalue weighted by Gasteiger charge is -2.36. The third kappa shape index (κ3) is 9.50. The van der Waals surface area contributed by atoms with Crippen LogP contribution >= 0.6 is 0 Å². The van der Waals surface area contributed by atoms with E-state index in [9.17, 15) is 70.2 Å². The zero-order valence-corrected chi connectivity index (χ0v) is 23.7. The molecule has 1 aromatic carbocycles. The normalized spacial score (nSPS) is 14.7. The van der Waals surface area contributed by atoms with Gasteiger partial charge in [-0.1, -0.05) is 39.0 Å². The van der Waals surface area contributed by atoms with Crippen molar-refractivity contribution in [3.63, 3.8) is 0 Å². The summed E-state index contributed by atoms with van der Waals surface area (Å²) in [5, 5.41) is 0. The van der Waals surface area contributed by atoms with Gasteiger partial charge in [0.25, 0.3) is 0 Å². The number of aryl methyl sites for hydroxylation is 1. The lowest BCUT2D eigenvalue weighted by atomic mass is 10.1. The summed E-state index contributed by atoms with van der Waals surface area (Å²) in [6, 6.07) is 3.59. The highest BCUT2D eigenvalue weighted by Crippen LogP contribution is 2.56. The standard InChI is InChI=1S/C26H24F16N2O3/c1-2-3-4-5-6-7-8-15-13-43-18(44-14-15)16-9-11-17(12-10-16)45-19(27)20(28,29)46-25(39,40)26(41,42)47-24(37,38)22(32,33)21(30,31)23(34,35)36/h9-14,19H,2-8H2,1H3. The molecule has 2 rings (SSSR count). The number of nitrogens with zero attached hydrogens (tertiary/aromatic N) is 2. The number of alkyl halides is 16. The quantitative estimate of drug-likeness (QED) is 0.114. The van der Waals surface area contributed by atoms with Crippen LogP contribution < -0.4 is 4.74 Å². The number of halogens is 16. The van der Waals surface area contributed by atoms with Gasteiger partial charge >= 0.3 is 48.8 Å². The Morgan fingerprint density at radius 2 is 1.11 bits per heavy atom. The van der Waals surface area contributed by atoms with Gasteiger partial charge in [0.2, 0.25) is 0 Å². The Bertz CT molecular complexity index is 1270. The van der Waals surface area contributed by atoms with Gasteiger partial charge in [0.15, 0.2) is 5.82 Å². The van der Waals surface area contributed by atoms with E-state index in [1.807, 2.05) is 0 Å². The van der Waals surface area contributed by atoms with E-state index in [0.29, 0.717) is 6.42 Å². The second kappa shape index (κ2) is 14.6. The molecule has 5 nitrogen and oxygen atoms in total. The molecular weight excluding hydrogens is 692 g/mol. The molecule has 1 aromatic heterocycles. The summed E-state index contributed by atoms with van der Waals surface area (Å²) in [7, 11) is 0. The van der Waals surface area contributed by atoms with Crippen LogP contribution in [0.15, 0.2) is 36.7 Å². The highest BCUT2D eigenvalue weighted by Gasteiger charge is 2.85. The second-order valence-electron chi connectivity index (χ2n) is 9.85. The van der Waals surface area contributed by atoms with Crippen molar-refractivity contribution >= 4 is 0 Å². The lowest BCUT2D eigenvalue weighted by Crippen LogP contribution is -2.64. The molecular formula is C26H24F16N2O3. The smallest absolute Gasteiger partial charge is 0.452 e. The molecule has 0 aliphatic heterocycles. The highest BCUT2D eigenvalue weighted by molar-refractivity contribution is 5.55. The van der Waals surface area contributed by atoms with Crippen LogP contribution in [0.2, 0.25) is 0 Å². The molecule has 0 bridgehead atoms. The molecule has 1 unspecified atom stereocenters. The molecule has 1 atom stereocenters. The van der Waals surface area contributed by atoms with E-state index in [1.165, 1.54) is 17.1 Å². The van der Waals surface area contributed by atoms with Crippen LogP contribution in [0.25, 0.3) is 11.4 Å². The minimum absolute atomic E-state index is 0.0888. The number of hydrogen-bond acceptors (Lipinski definition) is 5. The molecule has 1 heterocycles. The summed E-state index contributed by atoms with van der Waals surface area (Å²) in [4.78, 5) is 8.21. The monoisotopic (exact) mass is 716 g/mol. The summed E-state index contributed by atoms with van der Waals surface area (Å²) < 4.78 is 218. The molecule has 0 saturated heterocycles. The van der Waals surface area contributed by atoms with Crippen molar-refractivity contribution < 1.29 is 84.5 Å². The molecule has 2 aromatic rings. The number of unbranched alkanes of at least 4 members (excludes halogenated alkanes) is 5. The van der Waals surface area contributed by atoms with Gasteiger partial charge in [-0.15, -0.1) is 0 Å². The predicted molar refractivity (Wildman–Crippen MR) is 128 cm³/mol. The third-order valence-corrected chi connectivity index (χ3v) is 6.12. The van der Waals surface area contributed by atoms with E-state index in [1.54, 1.807) is 0 Å². The summed E-state index contributed by atoms with van der Waals surface area (Å²) in [6.45, 7) is 2.09. The van der Waals surface area contributed by atoms with Gasteiger partial charge in [-0.3, -0.25) is 0 Å². The summed E-state index contributed by atoms with van der Waals surface area (Å²) in [5.74, 6) is -16.7. The van der Waals surface area contributed by atoms with E-state index in [0.717, 1.165) is 68.4 Å². The molecule has 0 aliphatic rings. The number of benzene rings is 1. The van der Waals surface area contributed by atoms with E-state index in [-0.39, 0.29) is 11.4 Å². The van der Waals surface area contributed by atoms with Gasteiger partial charge in [0.1, 0.15) is 5.75 Å². The maximum absolute atomic E-state index is 14.0. The topological polar surface area (TPSA) is 53.5 Å². The molecule has 0 N–H and O–H groups in total. The maximum Gasteiger partial charge on any atom is 0.460 e. The minimum Gasteiger partial charge on any atom is -0.452 e. The predicted octanol–water partition coefficient (Wildman–Crippen LogP) is 9.96. The SMILES string of the molecule is CCCCCCCCc1cnc(-c2ccc(OC(F)C(F)(F)OC(F)(F)C(F)(F)OC(F)(F)C(F)(F)C(F)(F)C(F)(F)F)cc2)nc1. The zero-order valence-electron chi connectivity index (χ0n) is 23.7. The first-order chi connectivity index (χ1) is 21.3. The number of hydrogen-bond donors (Lipinski definition) is 0. The molecule has 0 aliphatic carbocycles. The summed E-state index contributed by atoms with van der Waals surface area (Å²) >= 11 is 0. The minimum atomic E-state index is -8.00. The van der Waals surface area contributed by atoms with Crippen molar-refractivity contribution in [3.05, 3.63) is 42.2 Å². The van der Waals surface area contributed by atoms with E-state index in [2.05, 4.69) is 26.4 Å². The van der Waals surface area contributed by atoms with Gasteiger partial charge in [-0.05, 0) is 42.7 Å². The first-order valence-corrected chi connectivity index (χ1v) is 13.3. The number of rotatable bonds is 18. The molecule has 21 heteroatoms. The summed E-state index contributed by atoms with van der Waals surface area (Å²) in [6.07, 6.45) is -30.9. The van der Waals surface area contributed by atoms with Gasteiger partial charge in [0.05, 0.1) is 0 Å². The molecule has 0 fully saturated rings. The van der Waals surface area contributed by atoms with Crippen LogP contribution in [0.3, 0.4) is 0 Å². The second-order valence-corrected chi connectivity index (χ2v) is 9.85. The van der Waals surface area contributed by atoms with Crippen LogP contribution in [0.1, 0.15) is 51.0 Å². The number of ether oxygens (including phenoxy) is 3. The van der Waals surface area contributed by atoms with Crippen LogP contribution in [-0.2, 0) is 15.9 Å². The molecule has 0 amide bonds. The van der Waals surface area contributed by atoms with Gasteiger partial charge < -0.3 is 4.74 Å². The Kier molecular flexibility index (Phi) is 12.4. The van der Waals surface area contributed by atoms with Crippen molar-refractivity contribution in [1.29, 1.82) is 0 Å². The average Bonchev–Trinajstić information content (AvgIpc) is 2.93. The van der Waals surface area contributed by atoms with Crippen molar-refractivity contribution in [2.45, 2.75) is 101 Å². The van der Waals surface area contributed by atoms with Crippen LogP contribution in [-0.4, -0.2) is 58.8 Å². The fourth-order valence-electron chi connectivity index (χ4n) is 3.53. The fraction of sp³-hybridized carbons (Fsp3) is 0.615. The Balaban J connectivity index is 2.07. The molecule has 0 radical (unpaired) electrons. The average molecular weight is 716 g/mol. The largest absolute Gasteiger partial charge is 0.460 e. The Labute approximate surface area is 255 Å². The van der Waals surface area contributed by atoms with Crippen LogP contribution in [0.5, 0.6) is 5.75 Å². The first-order valence-electron chi connectivity index (χ1n) is 13.3. The van der Waals surface area contributed by atoms with Crippen molar-refractivity contribution in [1.82, 2.24) is 9.97 Å². The van der Waals surface area contributed by atoms with Crippen molar-refractivity contribution in [3.8, 4) is 17.1 Å². The molecule has 0 saturated carbocycles. The molecule has 47 heavy (non-hydrogen) atoms.